The maximum Gasteiger partial charge on any atom is 0.230 e. The number of hydrogen-bond donors (Lipinski definition) is 1. The van der Waals surface area contributed by atoms with Gasteiger partial charge in [0.2, 0.25) is 11.8 Å². The predicted octanol–water partition coefficient (Wildman–Crippen LogP) is 2.90. The summed E-state index contributed by atoms with van der Waals surface area (Å²) in [5, 5.41) is 16.0. The van der Waals surface area contributed by atoms with Crippen LogP contribution in [0.15, 0.2) is 47.1 Å². The van der Waals surface area contributed by atoms with Crippen LogP contribution in [0.4, 0.5) is 0 Å². The van der Waals surface area contributed by atoms with Crippen molar-refractivity contribution in [3.63, 3.8) is 0 Å². The van der Waals surface area contributed by atoms with Crippen molar-refractivity contribution in [3.05, 3.63) is 65.6 Å². The second kappa shape index (κ2) is 7.40. The van der Waals surface area contributed by atoms with Crippen LogP contribution in [0.2, 0.25) is 0 Å². The van der Waals surface area contributed by atoms with Crippen LogP contribution < -0.4 is 5.32 Å². The van der Waals surface area contributed by atoms with Crippen LogP contribution in [0, 0.1) is 6.92 Å². The van der Waals surface area contributed by atoms with E-state index in [1.807, 2.05) is 42.2 Å². The highest BCUT2D eigenvalue weighted by Gasteiger charge is 2.15. The third-order valence-corrected chi connectivity index (χ3v) is 4.15. The summed E-state index contributed by atoms with van der Waals surface area (Å²) in [5.74, 6) is 1.25. The molecule has 0 radical (unpaired) electrons. The van der Waals surface area contributed by atoms with Crippen molar-refractivity contribution in [2.24, 2.45) is 0 Å². The third kappa shape index (κ3) is 4.08. The van der Waals surface area contributed by atoms with Crippen LogP contribution >= 0.6 is 0 Å². The second-order valence-electron chi connectivity index (χ2n) is 6.16. The van der Waals surface area contributed by atoms with Crippen molar-refractivity contribution in [1.29, 1.82) is 0 Å². The van der Waals surface area contributed by atoms with E-state index in [0.29, 0.717) is 24.7 Å². The highest BCUT2D eigenvalue weighted by atomic mass is 16.4. The van der Waals surface area contributed by atoms with Crippen LogP contribution in [-0.4, -0.2) is 26.0 Å². The summed E-state index contributed by atoms with van der Waals surface area (Å²) in [4.78, 5) is 0. The van der Waals surface area contributed by atoms with Gasteiger partial charge in [-0.2, -0.15) is 5.10 Å². The lowest BCUT2D eigenvalue weighted by Crippen LogP contribution is -2.33. The van der Waals surface area contributed by atoms with Gasteiger partial charge in [0, 0.05) is 12.2 Å². The molecule has 126 valence electrons. The fourth-order valence-electron chi connectivity index (χ4n) is 2.51. The Morgan fingerprint density at radius 2 is 1.88 bits per heavy atom. The Hall–Kier alpha value is -2.47. The molecular formula is C18H23N5O. The van der Waals surface area contributed by atoms with Gasteiger partial charge >= 0.3 is 0 Å². The number of nitrogens with zero attached hydrogens (tertiary/aromatic N) is 4. The minimum absolute atomic E-state index is 0.230. The minimum atomic E-state index is 0.230. The van der Waals surface area contributed by atoms with E-state index in [1.54, 1.807) is 0 Å². The Morgan fingerprint density at radius 1 is 1.12 bits per heavy atom. The van der Waals surface area contributed by atoms with Crippen molar-refractivity contribution >= 4 is 0 Å². The molecule has 2 unspecified atom stereocenters. The lowest BCUT2D eigenvalue weighted by Gasteiger charge is -2.21. The highest BCUT2D eigenvalue weighted by molar-refractivity contribution is 5.17. The van der Waals surface area contributed by atoms with Crippen LogP contribution in [-0.2, 0) is 13.0 Å². The Labute approximate surface area is 141 Å². The molecule has 0 aliphatic rings. The van der Waals surface area contributed by atoms with Crippen molar-refractivity contribution < 1.29 is 4.42 Å². The molecule has 3 aromatic rings. The molecule has 6 heteroatoms. The van der Waals surface area contributed by atoms with Crippen LogP contribution in [0.5, 0.6) is 0 Å². The van der Waals surface area contributed by atoms with E-state index < -0.39 is 0 Å². The zero-order valence-corrected chi connectivity index (χ0v) is 14.3. The summed E-state index contributed by atoms with van der Waals surface area (Å²) >= 11 is 0. The number of hydrogen-bond acceptors (Lipinski definition) is 5. The first-order chi connectivity index (χ1) is 11.6. The lowest BCUT2D eigenvalue weighted by atomic mass is 10.1. The van der Waals surface area contributed by atoms with Gasteiger partial charge in [0.25, 0.3) is 0 Å². The number of benzene rings is 1. The largest absolute Gasteiger partial charge is 0.424 e. The van der Waals surface area contributed by atoms with Crippen LogP contribution in [0.3, 0.4) is 0 Å². The summed E-state index contributed by atoms with van der Waals surface area (Å²) in [6, 6.07) is 10.6. The molecule has 6 nitrogen and oxygen atoms in total. The first-order valence-electron chi connectivity index (χ1n) is 8.21. The highest BCUT2D eigenvalue weighted by Crippen LogP contribution is 2.12. The van der Waals surface area contributed by atoms with E-state index >= 15 is 0 Å². The Bertz CT molecular complexity index is 765. The van der Waals surface area contributed by atoms with Gasteiger partial charge in [0.05, 0.1) is 25.2 Å². The van der Waals surface area contributed by atoms with Crippen molar-refractivity contribution in [2.45, 2.75) is 45.8 Å². The Kier molecular flexibility index (Phi) is 5.05. The maximum atomic E-state index is 5.72. The Morgan fingerprint density at radius 3 is 2.58 bits per heavy atom. The van der Waals surface area contributed by atoms with Crippen molar-refractivity contribution in [1.82, 2.24) is 25.3 Å². The second-order valence-corrected chi connectivity index (χ2v) is 6.16. The van der Waals surface area contributed by atoms with E-state index in [2.05, 4.69) is 46.6 Å². The van der Waals surface area contributed by atoms with E-state index in [0.717, 1.165) is 11.1 Å². The average molecular weight is 325 g/mol. The van der Waals surface area contributed by atoms with Crippen molar-refractivity contribution in [3.8, 4) is 0 Å². The molecule has 0 bridgehead atoms. The number of aryl methyl sites for hydroxylation is 1. The van der Waals surface area contributed by atoms with Gasteiger partial charge < -0.3 is 9.73 Å². The first-order valence-corrected chi connectivity index (χ1v) is 8.21. The molecule has 2 aromatic heterocycles. The molecular weight excluding hydrogens is 302 g/mol. The standard InChI is InChI=1S/C18H23N5O/c1-13-10-20-23(12-13)15(3)14(2)19-11-18-22-21-17(24-18)9-16-7-5-4-6-8-16/h4-8,10,12,14-15,19H,9,11H2,1-3H3. The molecule has 0 aliphatic carbocycles. The molecule has 0 fully saturated rings. The van der Waals surface area contributed by atoms with E-state index in [9.17, 15) is 0 Å². The predicted molar refractivity (Wildman–Crippen MR) is 91.5 cm³/mol. The molecule has 1 N–H and O–H groups in total. The summed E-state index contributed by atoms with van der Waals surface area (Å²) < 4.78 is 7.69. The molecule has 1 aromatic carbocycles. The first kappa shape index (κ1) is 16.4. The molecule has 24 heavy (non-hydrogen) atoms. The fourth-order valence-corrected chi connectivity index (χ4v) is 2.51. The fraction of sp³-hybridized carbons (Fsp3) is 0.389. The summed E-state index contributed by atoms with van der Waals surface area (Å²) in [6.07, 6.45) is 4.58. The molecule has 0 amide bonds. The van der Waals surface area contributed by atoms with E-state index in [1.165, 1.54) is 0 Å². The molecule has 0 saturated heterocycles. The number of nitrogens with one attached hydrogen (secondary N) is 1. The average Bonchev–Trinajstić information content (AvgIpc) is 3.22. The zero-order chi connectivity index (χ0) is 16.9. The maximum absolute atomic E-state index is 5.72. The van der Waals surface area contributed by atoms with E-state index in [4.69, 9.17) is 4.42 Å². The van der Waals surface area contributed by atoms with Crippen LogP contribution in [0.25, 0.3) is 0 Å². The third-order valence-electron chi connectivity index (χ3n) is 4.15. The van der Waals surface area contributed by atoms with Crippen LogP contribution in [0.1, 0.15) is 42.8 Å². The summed E-state index contributed by atoms with van der Waals surface area (Å²) in [5.41, 5.74) is 2.33. The summed E-state index contributed by atoms with van der Waals surface area (Å²) in [7, 11) is 0. The molecule has 0 spiro atoms. The van der Waals surface area contributed by atoms with Gasteiger partial charge in [0.1, 0.15) is 0 Å². The molecule has 0 aliphatic heterocycles. The summed E-state index contributed by atoms with van der Waals surface area (Å²) in [6.45, 7) is 6.86. The SMILES string of the molecule is Cc1cnn(C(C)C(C)NCc2nnc(Cc3ccccc3)o2)c1. The van der Waals surface area contributed by atoms with Gasteiger partial charge in [-0.15, -0.1) is 10.2 Å². The smallest absolute Gasteiger partial charge is 0.230 e. The monoisotopic (exact) mass is 325 g/mol. The topological polar surface area (TPSA) is 68.8 Å². The van der Waals surface area contributed by atoms with Gasteiger partial charge in [-0.1, -0.05) is 30.3 Å². The lowest BCUT2D eigenvalue weighted by molar-refractivity contribution is 0.344. The molecule has 0 saturated carbocycles. The molecule has 3 rings (SSSR count). The van der Waals surface area contributed by atoms with Gasteiger partial charge in [-0.3, -0.25) is 4.68 Å². The van der Waals surface area contributed by atoms with E-state index in [-0.39, 0.29) is 12.1 Å². The normalized spacial score (nSPS) is 13.8. The molecule has 2 atom stereocenters. The number of rotatable bonds is 7. The Balaban J connectivity index is 1.53. The van der Waals surface area contributed by atoms with Gasteiger partial charge in [-0.05, 0) is 31.9 Å². The molecule has 2 heterocycles. The van der Waals surface area contributed by atoms with Gasteiger partial charge in [0.15, 0.2) is 0 Å². The number of aromatic nitrogens is 4. The quantitative estimate of drug-likeness (QED) is 0.723. The van der Waals surface area contributed by atoms with Crippen molar-refractivity contribution in [2.75, 3.05) is 0 Å². The van der Waals surface area contributed by atoms with Gasteiger partial charge in [-0.25, -0.2) is 0 Å². The minimum Gasteiger partial charge on any atom is -0.424 e. The zero-order valence-electron chi connectivity index (χ0n) is 14.3.